The number of carbonyl (C=O) groups is 2. The zero-order valence-electron chi connectivity index (χ0n) is 21.6. The number of alkyl halides is 7. The third kappa shape index (κ3) is 9.78. The number of benzene rings is 2. The molecule has 42 heavy (non-hydrogen) atoms. The van der Waals surface area contributed by atoms with E-state index in [-0.39, 0.29) is 41.2 Å². The monoisotopic (exact) mass is 653 g/mol. The number of carboxylic acid groups (broad SMARTS) is 1. The Bertz CT molecular complexity index is 1200. The Morgan fingerprint density at radius 2 is 1.57 bits per heavy atom. The Kier molecular flexibility index (Phi) is 12.5. The van der Waals surface area contributed by atoms with Crippen LogP contribution >= 0.6 is 23.2 Å². The van der Waals surface area contributed by atoms with E-state index in [1.807, 2.05) is 0 Å². The fraction of sp³-hybridized carbons (Fsp3) is 0.440. The molecule has 0 aliphatic carbocycles. The summed E-state index contributed by atoms with van der Waals surface area (Å²) in [6, 6.07) is 9.78. The van der Waals surface area contributed by atoms with Gasteiger partial charge in [0.2, 0.25) is 0 Å². The highest BCUT2D eigenvalue weighted by atomic mass is 35.5. The van der Waals surface area contributed by atoms with Crippen LogP contribution in [0.15, 0.2) is 42.5 Å². The first-order valence-corrected chi connectivity index (χ1v) is 12.7. The number of nitrogens with zero attached hydrogens (tertiary/aromatic N) is 1. The molecule has 0 aromatic heterocycles. The summed E-state index contributed by atoms with van der Waals surface area (Å²) in [6.07, 6.45) is -14.8. The minimum atomic E-state index is -6.60. The summed E-state index contributed by atoms with van der Waals surface area (Å²) in [5.41, 5.74) is 0.599. The van der Waals surface area contributed by atoms with Gasteiger partial charge in [-0.15, -0.1) is 0 Å². The molecule has 0 saturated heterocycles. The first kappa shape index (κ1) is 35.2. The molecule has 17 heteroatoms. The molecule has 234 valence electrons. The quantitative estimate of drug-likeness (QED) is 0.214. The number of carboxylic acids is 1. The Morgan fingerprint density at radius 3 is 2.12 bits per heavy atom. The van der Waals surface area contributed by atoms with Crippen molar-refractivity contribution in [2.45, 2.75) is 37.7 Å². The largest absolute Gasteiger partial charge is 0.492 e. The average Bonchev–Trinajstić information content (AvgIpc) is 2.89. The van der Waals surface area contributed by atoms with Gasteiger partial charge in [-0.05, 0) is 42.8 Å². The smallest absolute Gasteiger partial charge is 0.462 e. The van der Waals surface area contributed by atoms with Crippen molar-refractivity contribution in [3.05, 3.63) is 58.1 Å². The van der Waals surface area contributed by atoms with Gasteiger partial charge >= 0.3 is 30.3 Å². The van der Waals surface area contributed by atoms with Crippen LogP contribution in [0.1, 0.15) is 12.5 Å². The first-order chi connectivity index (χ1) is 19.5. The molecule has 0 aliphatic rings. The molecule has 2 rings (SSSR count). The van der Waals surface area contributed by atoms with Gasteiger partial charge < -0.3 is 29.0 Å². The van der Waals surface area contributed by atoms with Gasteiger partial charge in [-0.25, -0.2) is 9.59 Å². The lowest BCUT2D eigenvalue weighted by Gasteiger charge is -2.28. The highest BCUT2D eigenvalue weighted by Crippen LogP contribution is 2.46. The molecular formula is C25H24Cl2F7NO7. The summed E-state index contributed by atoms with van der Waals surface area (Å²) >= 11 is 11.7. The molecule has 1 N–H and O–H groups in total. The van der Waals surface area contributed by atoms with Gasteiger partial charge in [-0.1, -0.05) is 35.3 Å². The molecule has 0 spiro atoms. The van der Waals surface area contributed by atoms with Crippen LogP contribution in [0.25, 0.3) is 0 Å². The number of aliphatic carboxylic acids is 1. The summed E-state index contributed by atoms with van der Waals surface area (Å²) < 4.78 is 110. The van der Waals surface area contributed by atoms with Crippen LogP contribution in [0.5, 0.6) is 11.5 Å². The van der Waals surface area contributed by atoms with Gasteiger partial charge in [-0.3, -0.25) is 0 Å². The second-order valence-corrected chi connectivity index (χ2v) is 9.19. The highest BCUT2D eigenvalue weighted by molar-refractivity contribution is 6.35. The van der Waals surface area contributed by atoms with Crippen molar-refractivity contribution in [1.29, 1.82) is 0 Å². The van der Waals surface area contributed by atoms with Crippen molar-refractivity contribution in [1.82, 2.24) is 4.90 Å². The molecule has 0 fully saturated rings. The second-order valence-electron chi connectivity index (χ2n) is 8.35. The van der Waals surface area contributed by atoms with E-state index >= 15 is 0 Å². The molecular weight excluding hydrogens is 630 g/mol. The van der Waals surface area contributed by atoms with E-state index in [1.165, 1.54) is 30.3 Å². The Morgan fingerprint density at radius 1 is 0.952 bits per heavy atom. The molecule has 1 amide bonds. The SMILES string of the molecule is CCOC(Cc1ccc(OCCN(CCOC(F)(F)C(F)(F)C(F)(F)F)C(=O)Oc2ccc(Cl)cc2Cl)cc1)C(=O)O. The standard InChI is InChI=1S/C25H24Cl2F7NO7/c1-2-39-20(21(36)37)13-15-3-6-17(7-4-15)40-11-9-35(22(38)42-19-8-5-16(26)14-18(19)27)10-12-41-25(33,34)23(28,29)24(30,31)32/h3-8,14,20H,2,9-13H2,1H3,(H,36,37). The Balaban J connectivity index is 2.07. The lowest BCUT2D eigenvalue weighted by molar-refractivity contribution is -0.423. The van der Waals surface area contributed by atoms with Crippen molar-refractivity contribution in [3.8, 4) is 11.5 Å². The van der Waals surface area contributed by atoms with Gasteiger partial charge in [0, 0.05) is 24.6 Å². The normalized spacial score (nSPS) is 13.0. The van der Waals surface area contributed by atoms with Gasteiger partial charge in [0.1, 0.15) is 12.4 Å². The zero-order chi connectivity index (χ0) is 31.7. The van der Waals surface area contributed by atoms with Crippen LogP contribution in [0.3, 0.4) is 0 Å². The fourth-order valence-corrected chi connectivity index (χ4v) is 3.63. The number of hydrogen-bond acceptors (Lipinski definition) is 6. The maximum absolute atomic E-state index is 13.5. The number of halogens is 9. The molecule has 0 saturated carbocycles. The van der Waals surface area contributed by atoms with Crippen LogP contribution < -0.4 is 9.47 Å². The van der Waals surface area contributed by atoms with Crippen LogP contribution in [0, 0.1) is 0 Å². The summed E-state index contributed by atoms with van der Waals surface area (Å²) in [5.74, 6) is -7.62. The van der Waals surface area contributed by atoms with E-state index < -0.39 is 56.1 Å². The zero-order valence-corrected chi connectivity index (χ0v) is 23.1. The third-order valence-corrected chi connectivity index (χ3v) is 5.86. The molecule has 2 aromatic rings. The Labute approximate surface area is 244 Å². The molecule has 0 heterocycles. The third-order valence-electron chi connectivity index (χ3n) is 5.33. The second kappa shape index (κ2) is 14.9. The summed E-state index contributed by atoms with van der Waals surface area (Å²) in [5, 5.41) is 9.26. The van der Waals surface area contributed by atoms with E-state index in [9.17, 15) is 45.4 Å². The number of rotatable bonds is 15. The van der Waals surface area contributed by atoms with Crippen molar-refractivity contribution in [2.24, 2.45) is 0 Å². The number of ether oxygens (including phenoxy) is 4. The lowest BCUT2D eigenvalue weighted by Crippen LogP contribution is -2.54. The van der Waals surface area contributed by atoms with Crippen molar-refractivity contribution < 1.29 is 64.4 Å². The van der Waals surface area contributed by atoms with Crippen molar-refractivity contribution in [3.63, 3.8) is 0 Å². The van der Waals surface area contributed by atoms with Crippen LogP contribution in [0.2, 0.25) is 10.0 Å². The summed E-state index contributed by atoms with van der Waals surface area (Å²) in [4.78, 5) is 24.6. The lowest BCUT2D eigenvalue weighted by atomic mass is 10.1. The van der Waals surface area contributed by atoms with Crippen molar-refractivity contribution >= 4 is 35.3 Å². The number of amides is 1. The Hall–Kier alpha value is -3.01. The minimum Gasteiger partial charge on any atom is -0.492 e. The molecule has 2 aromatic carbocycles. The van der Waals surface area contributed by atoms with E-state index in [2.05, 4.69) is 4.74 Å². The average molecular weight is 654 g/mol. The van der Waals surface area contributed by atoms with Crippen molar-refractivity contribution in [2.75, 3.05) is 32.9 Å². The van der Waals surface area contributed by atoms with Gasteiger partial charge in [-0.2, -0.15) is 30.7 Å². The summed E-state index contributed by atoms with van der Waals surface area (Å²) in [6.45, 7) is -1.28. The molecule has 0 aliphatic heterocycles. The molecule has 1 unspecified atom stereocenters. The number of carbonyl (C=O) groups excluding carboxylic acids is 1. The molecule has 0 bridgehead atoms. The van der Waals surface area contributed by atoms with Crippen LogP contribution in [-0.4, -0.2) is 79.3 Å². The number of hydrogen-bond donors (Lipinski definition) is 1. The van der Waals surface area contributed by atoms with E-state index in [0.717, 1.165) is 0 Å². The molecule has 1 atom stereocenters. The van der Waals surface area contributed by atoms with E-state index in [1.54, 1.807) is 19.1 Å². The molecule has 8 nitrogen and oxygen atoms in total. The topological polar surface area (TPSA) is 94.5 Å². The first-order valence-electron chi connectivity index (χ1n) is 11.9. The van der Waals surface area contributed by atoms with E-state index in [4.69, 9.17) is 37.4 Å². The minimum absolute atomic E-state index is 0.0638. The van der Waals surface area contributed by atoms with Crippen LogP contribution in [0.4, 0.5) is 35.5 Å². The van der Waals surface area contributed by atoms with E-state index in [0.29, 0.717) is 10.5 Å². The maximum atomic E-state index is 13.5. The summed E-state index contributed by atoms with van der Waals surface area (Å²) in [7, 11) is 0. The maximum Gasteiger partial charge on any atom is 0.462 e. The fourth-order valence-electron chi connectivity index (χ4n) is 3.18. The van der Waals surface area contributed by atoms with Gasteiger partial charge in [0.25, 0.3) is 0 Å². The predicted molar refractivity (Wildman–Crippen MR) is 135 cm³/mol. The molecule has 0 radical (unpaired) electrons. The predicted octanol–water partition coefficient (Wildman–Crippen LogP) is 6.71. The van der Waals surface area contributed by atoms with Gasteiger partial charge in [0.15, 0.2) is 11.9 Å². The highest BCUT2D eigenvalue weighted by Gasteiger charge is 2.74. The van der Waals surface area contributed by atoms with Gasteiger partial charge in [0.05, 0.1) is 18.2 Å². The van der Waals surface area contributed by atoms with Crippen LogP contribution in [-0.2, 0) is 20.7 Å².